The number of anilines is 2. The van der Waals surface area contributed by atoms with Crippen molar-refractivity contribution in [2.45, 2.75) is 33.4 Å². The van der Waals surface area contributed by atoms with Gasteiger partial charge in [0.2, 0.25) is 12.3 Å². The fourth-order valence-electron chi connectivity index (χ4n) is 5.19. The van der Waals surface area contributed by atoms with Gasteiger partial charge in [0, 0.05) is 35.6 Å². The lowest BCUT2D eigenvalue weighted by Gasteiger charge is -2.25. The Balaban J connectivity index is 1.85. The van der Waals surface area contributed by atoms with E-state index in [9.17, 15) is 24.0 Å². The standard InChI is InChI=1S/C32H35N5O6/c1-4-34(5-2)23-15-17-24(18-16-23)35(21-38)19-27(31(33)41)37-26-14-10-13-25(30(40)22-11-8-7-9-12-22)29(26)36(32(37)42)20-28(39)43-6-3/h7-18,21,27H,4-6,19-20H2,1-3H3,(H2,33,41). The zero-order chi connectivity index (χ0) is 31.1. The summed E-state index contributed by atoms with van der Waals surface area (Å²) in [5, 5.41) is 0. The van der Waals surface area contributed by atoms with E-state index in [1.165, 1.54) is 4.90 Å². The molecule has 0 aliphatic heterocycles. The van der Waals surface area contributed by atoms with Gasteiger partial charge in [0.1, 0.15) is 12.6 Å². The van der Waals surface area contributed by atoms with Crippen LogP contribution in [-0.2, 0) is 25.7 Å². The normalized spacial score (nSPS) is 11.6. The Bertz CT molecular complexity index is 1670. The van der Waals surface area contributed by atoms with Crippen molar-refractivity contribution >= 4 is 46.5 Å². The highest BCUT2D eigenvalue weighted by Crippen LogP contribution is 2.26. The smallest absolute Gasteiger partial charge is 0.330 e. The molecule has 0 spiro atoms. The predicted molar refractivity (Wildman–Crippen MR) is 164 cm³/mol. The number of fused-ring (bicyclic) bond motifs is 1. The second-order valence-electron chi connectivity index (χ2n) is 9.78. The Morgan fingerprint density at radius 2 is 1.56 bits per heavy atom. The lowest BCUT2D eigenvalue weighted by Crippen LogP contribution is -2.42. The summed E-state index contributed by atoms with van der Waals surface area (Å²) in [7, 11) is 0. The molecule has 1 unspecified atom stereocenters. The van der Waals surface area contributed by atoms with Crippen LogP contribution in [0.25, 0.3) is 11.0 Å². The topological polar surface area (TPSA) is 137 Å². The minimum atomic E-state index is -1.33. The van der Waals surface area contributed by atoms with Crippen LogP contribution >= 0.6 is 0 Å². The molecule has 1 atom stereocenters. The number of amides is 2. The van der Waals surface area contributed by atoms with Crippen molar-refractivity contribution in [3.8, 4) is 0 Å². The lowest BCUT2D eigenvalue weighted by molar-refractivity contribution is -0.143. The van der Waals surface area contributed by atoms with Crippen LogP contribution in [-0.4, -0.2) is 59.4 Å². The molecule has 2 N–H and O–H groups in total. The molecule has 0 bridgehead atoms. The van der Waals surface area contributed by atoms with Gasteiger partial charge >= 0.3 is 11.7 Å². The van der Waals surface area contributed by atoms with E-state index in [1.54, 1.807) is 67.6 Å². The van der Waals surface area contributed by atoms with Gasteiger partial charge in [-0.3, -0.25) is 28.3 Å². The van der Waals surface area contributed by atoms with Gasteiger partial charge in [-0.05, 0) is 57.2 Å². The third kappa shape index (κ3) is 6.35. The van der Waals surface area contributed by atoms with Crippen LogP contribution in [0.15, 0.2) is 77.6 Å². The first-order chi connectivity index (χ1) is 20.7. The zero-order valence-corrected chi connectivity index (χ0v) is 24.4. The van der Waals surface area contributed by atoms with E-state index >= 15 is 0 Å². The number of nitrogens with two attached hydrogens (primary N) is 1. The molecule has 11 heteroatoms. The van der Waals surface area contributed by atoms with Crippen molar-refractivity contribution < 1.29 is 23.9 Å². The van der Waals surface area contributed by atoms with E-state index in [4.69, 9.17) is 10.5 Å². The number of nitrogens with zero attached hydrogens (tertiary/aromatic N) is 4. The average Bonchev–Trinajstić information content (AvgIpc) is 3.29. The Hall–Kier alpha value is -5.19. The van der Waals surface area contributed by atoms with Crippen LogP contribution in [0, 0.1) is 0 Å². The summed E-state index contributed by atoms with van der Waals surface area (Å²) in [6.07, 6.45) is 0.565. The highest BCUT2D eigenvalue weighted by Gasteiger charge is 2.30. The molecule has 4 rings (SSSR count). The van der Waals surface area contributed by atoms with Crippen LogP contribution < -0.4 is 21.2 Å². The number of carbonyl (C=O) groups is 4. The summed E-state index contributed by atoms with van der Waals surface area (Å²) in [6, 6.07) is 19.1. The van der Waals surface area contributed by atoms with E-state index in [2.05, 4.69) is 4.90 Å². The molecule has 1 aromatic heterocycles. The van der Waals surface area contributed by atoms with Gasteiger partial charge in [-0.1, -0.05) is 36.4 Å². The van der Waals surface area contributed by atoms with Gasteiger partial charge in [0.15, 0.2) is 5.78 Å². The molecule has 3 aromatic carbocycles. The van der Waals surface area contributed by atoms with E-state index in [1.807, 2.05) is 26.0 Å². The van der Waals surface area contributed by atoms with Crippen LogP contribution in [0.5, 0.6) is 0 Å². The Morgan fingerprint density at radius 3 is 2.14 bits per heavy atom. The monoisotopic (exact) mass is 585 g/mol. The van der Waals surface area contributed by atoms with Gasteiger partial charge < -0.3 is 20.3 Å². The maximum atomic E-state index is 14.0. The first-order valence-electron chi connectivity index (χ1n) is 14.1. The summed E-state index contributed by atoms with van der Waals surface area (Å²) in [5.41, 5.74) is 7.47. The fraction of sp³-hybridized carbons (Fsp3) is 0.281. The second kappa shape index (κ2) is 13.6. The van der Waals surface area contributed by atoms with E-state index in [0.717, 1.165) is 27.9 Å². The molecule has 43 heavy (non-hydrogen) atoms. The molecular weight excluding hydrogens is 550 g/mol. The Kier molecular flexibility index (Phi) is 9.76. The highest BCUT2D eigenvalue weighted by molar-refractivity contribution is 6.15. The second-order valence-corrected chi connectivity index (χ2v) is 9.78. The largest absolute Gasteiger partial charge is 0.465 e. The molecule has 0 aliphatic carbocycles. The molecule has 4 aromatic rings. The van der Waals surface area contributed by atoms with E-state index in [-0.39, 0.29) is 35.5 Å². The number of para-hydroxylation sites is 1. The molecule has 0 fully saturated rings. The number of ketones is 1. The van der Waals surface area contributed by atoms with Gasteiger partial charge in [-0.2, -0.15) is 0 Å². The van der Waals surface area contributed by atoms with Gasteiger partial charge in [-0.25, -0.2) is 4.79 Å². The first-order valence-corrected chi connectivity index (χ1v) is 14.1. The van der Waals surface area contributed by atoms with Crippen molar-refractivity contribution in [2.24, 2.45) is 5.73 Å². The van der Waals surface area contributed by atoms with Crippen molar-refractivity contribution in [3.63, 3.8) is 0 Å². The number of benzene rings is 3. The average molecular weight is 586 g/mol. The van der Waals surface area contributed by atoms with Crippen molar-refractivity contribution in [2.75, 3.05) is 36.0 Å². The van der Waals surface area contributed by atoms with Crippen molar-refractivity contribution in [1.82, 2.24) is 9.13 Å². The molecule has 224 valence electrons. The number of rotatable bonds is 14. The highest BCUT2D eigenvalue weighted by atomic mass is 16.5. The number of esters is 1. The number of hydrogen-bond donors (Lipinski definition) is 1. The van der Waals surface area contributed by atoms with Gasteiger partial charge in [-0.15, -0.1) is 0 Å². The summed E-state index contributed by atoms with van der Waals surface area (Å²) >= 11 is 0. The molecule has 0 aliphatic rings. The molecule has 0 saturated carbocycles. The van der Waals surface area contributed by atoms with Crippen LogP contribution in [0.2, 0.25) is 0 Å². The Morgan fingerprint density at radius 1 is 0.907 bits per heavy atom. The number of ether oxygens (including phenoxy) is 1. The number of carbonyl (C=O) groups excluding carboxylic acids is 4. The summed E-state index contributed by atoms with van der Waals surface area (Å²) in [6.45, 7) is 6.68. The predicted octanol–water partition coefficient (Wildman–Crippen LogP) is 3.13. The molecule has 2 amide bonds. The quantitative estimate of drug-likeness (QED) is 0.136. The molecule has 0 radical (unpaired) electrons. The van der Waals surface area contributed by atoms with Crippen LogP contribution in [0.1, 0.15) is 42.7 Å². The first kappa shape index (κ1) is 30.8. The van der Waals surface area contributed by atoms with E-state index in [0.29, 0.717) is 17.7 Å². The van der Waals surface area contributed by atoms with E-state index < -0.39 is 30.2 Å². The fourth-order valence-corrected chi connectivity index (χ4v) is 5.19. The SMILES string of the molecule is CCOC(=O)Cn1c(=O)n(C(CN(C=O)c2ccc(N(CC)CC)cc2)C(N)=O)c2cccc(C(=O)c3ccccc3)c21. The van der Waals surface area contributed by atoms with Crippen LogP contribution in [0.4, 0.5) is 11.4 Å². The molecule has 0 saturated heterocycles. The third-order valence-electron chi connectivity index (χ3n) is 7.30. The minimum absolute atomic E-state index is 0.0906. The maximum absolute atomic E-state index is 14.0. The molecule has 11 nitrogen and oxygen atoms in total. The number of aromatic nitrogens is 2. The van der Waals surface area contributed by atoms with Crippen molar-refractivity contribution in [1.29, 1.82) is 0 Å². The number of hydrogen-bond acceptors (Lipinski definition) is 7. The Labute approximate surface area is 249 Å². The zero-order valence-electron chi connectivity index (χ0n) is 24.4. The molecular formula is C32H35N5O6. The van der Waals surface area contributed by atoms with Crippen molar-refractivity contribution in [3.05, 3.63) is 94.4 Å². The van der Waals surface area contributed by atoms with Crippen LogP contribution in [0.3, 0.4) is 0 Å². The van der Waals surface area contributed by atoms with Gasteiger partial charge in [0.05, 0.1) is 24.2 Å². The maximum Gasteiger partial charge on any atom is 0.330 e. The summed E-state index contributed by atoms with van der Waals surface area (Å²) < 4.78 is 7.34. The lowest BCUT2D eigenvalue weighted by atomic mass is 10.0. The number of imidazole rings is 1. The molecule has 1 heterocycles. The van der Waals surface area contributed by atoms with Gasteiger partial charge in [0.25, 0.3) is 0 Å². The summed E-state index contributed by atoms with van der Waals surface area (Å²) in [5.74, 6) is -1.94. The summed E-state index contributed by atoms with van der Waals surface area (Å²) in [4.78, 5) is 68.7. The minimum Gasteiger partial charge on any atom is -0.465 e. The third-order valence-corrected chi connectivity index (χ3v) is 7.30. The number of primary amides is 1.